The van der Waals surface area contributed by atoms with Crippen molar-refractivity contribution < 1.29 is 9.29 Å². The second kappa shape index (κ2) is 9.66. The number of benzene rings is 2. The van der Waals surface area contributed by atoms with E-state index in [9.17, 15) is 4.55 Å². The maximum atomic E-state index is 11.9. The number of allylic oxidation sites excluding steroid dienone is 1. The van der Waals surface area contributed by atoms with Crippen molar-refractivity contribution in [2.75, 3.05) is 6.54 Å². The van der Waals surface area contributed by atoms with Gasteiger partial charge in [0, 0.05) is 17.9 Å². The van der Waals surface area contributed by atoms with Crippen molar-refractivity contribution in [3.63, 3.8) is 0 Å². The minimum absolute atomic E-state index is 0.213. The molecule has 0 radical (unpaired) electrons. The lowest BCUT2D eigenvalue weighted by molar-refractivity contribution is 0.482. The Morgan fingerprint density at radius 3 is 2.48 bits per heavy atom. The highest BCUT2D eigenvalue weighted by Crippen LogP contribution is 2.22. The highest BCUT2D eigenvalue weighted by Gasteiger charge is 2.25. The molecule has 134 valence electrons. The average molecular weight is 358 g/mol. The first-order valence-electron chi connectivity index (χ1n) is 8.60. The van der Waals surface area contributed by atoms with Crippen molar-refractivity contribution in [2.24, 2.45) is 0 Å². The van der Waals surface area contributed by atoms with Gasteiger partial charge in [0.2, 0.25) is 0 Å². The topological polar surface area (TPSA) is 44.3 Å². The summed E-state index contributed by atoms with van der Waals surface area (Å²) in [5, 5.41) is 0. The van der Waals surface area contributed by atoms with Gasteiger partial charge in [-0.1, -0.05) is 42.5 Å². The maximum Gasteiger partial charge on any atom is 0.136 e. The lowest BCUT2D eigenvalue weighted by Crippen LogP contribution is -2.39. The van der Waals surface area contributed by atoms with E-state index in [2.05, 4.69) is 22.9 Å². The largest absolute Gasteiger partial charge is 0.598 e. The molecule has 0 bridgehead atoms. The predicted molar refractivity (Wildman–Crippen MR) is 107 cm³/mol. The lowest BCUT2D eigenvalue weighted by Gasteiger charge is -2.23. The van der Waals surface area contributed by atoms with Crippen LogP contribution < -0.4 is 9.46 Å². The zero-order valence-electron chi connectivity index (χ0n) is 15.2. The van der Waals surface area contributed by atoms with E-state index in [1.54, 1.807) is 0 Å². The van der Waals surface area contributed by atoms with Crippen molar-refractivity contribution in [1.29, 1.82) is 0 Å². The third kappa shape index (κ3) is 7.34. The SMILES string of the molecule is CC(C)(C)[S@+]([O-])NCCCC=Cc1cccc(Oc2ccccc2)c1. The van der Waals surface area contributed by atoms with Gasteiger partial charge < -0.3 is 9.29 Å². The first kappa shape index (κ1) is 19.6. The van der Waals surface area contributed by atoms with Gasteiger partial charge in [0.25, 0.3) is 0 Å². The second-order valence-electron chi connectivity index (χ2n) is 6.81. The van der Waals surface area contributed by atoms with Gasteiger partial charge in [0.1, 0.15) is 16.2 Å². The fraction of sp³-hybridized carbons (Fsp3) is 0.333. The number of unbranched alkanes of at least 4 members (excludes halogenated alkanes) is 1. The van der Waals surface area contributed by atoms with Gasteiger partial charge in [-0.2, -0.15) is 0 Å². The first-order chi connectivity index (χ1) is 11.9. The summed E-state index contributed by atoms with van der Waals surface area (Å²) in [5.74, 6) is 1.66. The molecule has 2 rings (SSSR count). The summed E-state index contributed by atoms with van der Waals surface area (Å²) >= 11 is -0.992. The van der Waals surface area contributed by atoms with Crippen molar-refractivity contribution in [2.45, 2.75) is 38.4 Å². The van der Waals surface area contributed by atoms with Gasteiger partial charge in [0.05, 0.1) is 0 Å². The van der Waals surface area contributed by atoms with Crippen molar-refractivity contribution in [1.82, 2.24) is 4.72 Å². The number of ether oxygens (including phenoxy) is 1. The zero-order chi connectivity index (χ0) is 18.1. The Labute approximate surface area is 154 Å². The predicted octanol–water partition coefficient (Wildman–Crippen LogP) is 5.32. The minimum atomic E-state index is -0.992. The molecule has 0 spiro atoms. The minimum Gasteiger partial charge on any atom is -0.598 e. The molecule has 0 fully saturated rings. The highest BCUT2D eigenvalue weighted by atomic mass is 32.2. The Balaban J connectivity index is 1.77. The van der Waals surface area contributed by atoms with E-state index in [1.165, 1.54) is 0 Å². The number of hydrogen-bond donors (Lipinski definition) is 1. The normalized spacial score (nSPS) is 13.1. The van der Waals surface area contributed by atoms with Crippen molar-refractivity contribution >= 4 is 17.4 Å². The highest BCUT2D eigenvalue weighted by molar-refractivity contribution is 7.90. The monoisotopic (exact) mass is 357 g/mol. The Bertz CT molecular complexity index is 665. The van der Waals surface area contributed by atoms with Crippen LogP contribution in [-0.4, -0.2) is 15.8 Å². The molecule has 0 saturated carbocycles. The quantitative estimate of drug-likeness (QED) is 0.513. The molecule has 2 aromatic rings. The van der Waals surface area contributed by atoms with Crippen LogP contribution in [0.5, 0.6) is 11.5 Å². The van der Waals surface area contributed by atoms with Crippen LogP contribution in [0.4, 0.5) is 0 Å². The van der Waals surface area contributed by atoms with E-state index >= 15 is 0 Å². The molecule has 3 nitrogen and oxygen atoms in total. The number of nitrogens with one attached hydrogen (secondary N) is 1. The summed E-state index contributed by atoms with van der Waals surface area (Å²) in [6, 6.07) is 17.8. The third-order valence-corrected chi connectivity index (χ3v) is 5.06. The summed E-state index contributed by atoms with van der Waals surface area (Å²) < 4.78 is 20.6. The molecular formula is C21H27NO2S. The van der Waals surface area contributed by atoms with Crippen LogP contribution >= 0.6 is 0 Å². The summed E-state index contributed by atoms with van der Waals surface area (Å²) in [4.78, 5) is 0. The Morgan fingerprint density at radius 2 is 1.76 bits per heavy atom. The molecule has 1 atom stereocenters. The maximum absolute atomic E-state index is 11.9. The standard InChI is InChI=1S/C21H27NO2S/c1-21(2,3)25(23)22-16-9-5-6-11-18-12-10-15-20(17-18)24-19-13-7-4-8-14-19/h4,6-8,10-15,17,22H,5,9,16H2,1-3H3/t25-/m0/s1. The van der Waals surface area contributed by atoms with E-state index < -0.39 is 11.4 Å². The van der Waals surface area contributed by atoms with Gasteiger partial charge in [-0.05, 0) is 63.4 Å². The molecule has 0 aromatic heterocycles. The Kier molecular flexibility index (Phi) is 7.56. The van der Waals surface area contributed by atoms with E-state index in [0.717, 1.165) is 36.4 Å². The van der Waals surface area contributed by atoms with Gasteiger partial charge in [-0.25, -0.2) is 0 Å². The summed E-state index contributed by atoms with van der Waals surface area (Å²) in [6.07, 6.45) is 6.14. The van der Waals surface area contributed by atoms with Crippen LogP contribution in [0.15, 0.2) is 60.7 Å². The second-order valence-corrected chi connectivity index (χ2v) is 8.86. The third-order valence-electron chi connectivity index (χ3n) is 3.48. The van der Waals surface area contributed by atoms with E-state index in [1.807, 2.05) is 69.3 Å². The number of para-hydroxylation sites is 1. The summed E-state index contributed by atoms with van der Waals surface area (Å²) in [7, 11) is 0. The van der Waals surface area contributed by atoms with Crippen LogP contribution in [0, 0.1) is 0 Å². The van der Waals surface area contributed by atoms with Crippen molar-refractivity contribution in [3.8, 4) is 11.5 Å². The average Bonchev–Trinajstić information content (AvgIpc) is 2.58. The zero-order valence-corrected chi connectivity index (χ0v) is 16.0. The van der Waals surface area contributed by atoms with Crippen LogP contribution in [-0.2, 0) is 11.4 Å². The molecule has 0 saturated heterocycles. The molecule has 1 N–H and O–H groups in total. The fourth-order valence-electron chi connectivity index (χ4n) is 2.13. The molecule has 25 heavy (non-hydrogen) atoms. The fourth-order valence-corrected chi connectivity index (χ4v) is 2.89. The molecule has 0 aliphatic carbocycles. The van der Waals surface area contributed by atoms with E-state index in [4.69, 9.17) is 4.74 Å². The molecule has 0 heterocycles. The molecule has 4 heteroatoms. The summed E-state index contributed by atoms with van der Waals surface area (Å²) in [6.45, 7) is 6.67. The molecule has 2 aromatic carbocycles. The molecule has 0 aliphatic rings. The lowest BCUT2D eigenvalue weighted by atomic mass is 10.2. The Hall–Kier alpha value is -1.75. The van der Waals surface area contributed by atoms with Gasteiger partial charge in [-0.3, -0.25) is 0 Å². The smallest absolute Gasteiger partial charge is 0.136 e. The first-order valence-corrected chi connectivity index (χ1v) is 9.75. The van der Waals surface area contributed by atoms with Crippen LogP contribution in [0.1, 0.15) is 39.2 Å². The van der Waals surface area contributed by atoms with Crippen LogP contribution in [0.25, 0.3) is 6.08 Å². The van der Waals surface area contributed by atoms with Crippen LogP contribution in [0.2, 0.25) is 0 Å². The Morgan fingerprint density at radius 1 is 1.04 bits per heavy atom. The van der Waals surface area contributed by atoms with Crippen molar-refractivity contribution in [3.05, 3.63) is 66.2 Å². The summed E-state index contributed by atoms with van der Waals surface area (Å²) in [5.41, 5.74) is 1.11. The van der Waals surface area contributed by atoms with Gasteiger partial charge >= 0.3 is 0 Å². The number of hydrogen-bond acceptors (Lipinski definition) is 3. The molecule has 0 unspecified atom stereocenters. The molecule has 0 aliphatic heterocycles. The van der Waals surface area contributed by atoms with Gasteiger partial charge in [0.15, 0.2) is 0 Å². The molecular weight excluding hydrogens is 330 g/mol. The van der Waals surface area contributed by atoms with E-state index in [0.29, 0.717) is 0 Å². The van der Waals surface area contributed by atoms with Gasteiger partial charge in [-0.15, -0.1) is 4.72 Å². The van der Waals surface area contributed by atoms with E-state index in [-0.39, 0.29) is 4.75 Å². The number of rotatable bonds is 8. The molecule has 0 amide bonds. The van der Waals surface area contributed by atoms with Crippen LogP contribution in [0.3, 0.4) is 0 Å².